The summed E-state index contributed by atoms with van der Waals surface area (Å²) >= 11 is 7.57. The predicted octanol–water partition coefficient (Wildman–Crippen LogP) is 1.32. The summed E-state index contributed by atoms with van der Waals surface area (Å²) in [7, 11) is 0. The quantitative estimate of drug-likeness (QED) is 0.0767. The molecule has 246 valence electrons. The van der Waals surface area contributed by atoms with Gasteiger partial charge in [-0.05, 0) is 12.1 Å². The van der Waals surface area contributed by atoms with Crippen molar-refractivity contribution >= 4 is 77.6 Å². The fourth-order valence-electron chi connectivity index (χ4n) is 5.16. The molecule has 3 aromatic heterocycles. The zero-order valence-electron chi connectivity index (χ0n) is 23.3. The Balaban J connectivity index is 1.17. The SMILES string of the molecule is Nc1nc2c(ncn2[C@@H]2O[C@H](COP(=O)(O)S)CC2OP(=O)(S)OC[C@@H]2CC(=O)[C@H](n3cnc4c(N)cccc4c3=O)O2)c(=O)[nH]1. The number of nitrogens with zero attached hydrogens (tertiary/aromatic N) is 5. The third kappa shape index (κ3) is 6.79. The fraction of sp³-hybridized carbons (Fsp3) is 0.391. The molecule has 2 aliphatic rings. The lowest BCUT2D eigenvalue weighted by Gasteiger charge is -2.24. The largest absolute Gasteiger partial charge is 0.397 e. The molecule has 0 spiro atoms. The lowest BCUT2D eigenvalue weighted by molar-refractivity contribution is -0.127. The number of carbonyl (C=O) groups is 1. The number of thiol groups is 2. The zero-order valence-corrected chi connectivity index (χ0v) is 26.9. The first-order valence-electron chi connectivity index (χ1n) is 13.4. The van der Waals surface area contributed by atoms with Gasteiger partial charge in [0.1, 0.15) is 17.9 Å². The number of ketones is 1. The van der Waals surface area contributed by atoms with Crippen molar-refractivity contribution in [1.82, 2.24) is 29.1 Å². The molecule has 0 radical (unpaired) electrons. The van der Waals surface area contributed by atoms with E-state index in [1.54, 1.807) is 12.1 Å². The number of para-hydroxylation sites is 1. The van der Waals surface area contributed by atoms with Crippen molar-refractivity contribution in [3.8, 4) is 0 Å². The van der Waals surface area contributed by atoms with E-state index in [1.165, 1.54) is 23.3 Å². The summed E-state index contributed by atoms with van der Waals surface area (Å²) in [4.78, 5) is 62.2. The fourth-order valence-corrected chi connectivity index (χ4v) is 7.23. The maximum atomic E-state index is 13.4. The van der Waals surface area contributed by atoms with Gasteiger partial charge in [0.15, 0.2) is 29.4 Å². The van der Waals surface area contributed by atoms with Crippen LogP contribution in [0.3, 0.4) is 0 Å². The van der Waals surface area contributed by atoms with Crippen molar-refractivity contribution in [3.63, 3.8) is 0 Å². The molecule has 6 N–H and O–H groups in total. The van der Waals surface area contributed by atoms with Crippen LogP contribution >= 0.6 is 38.1 Å². The summed E-state index contributed by atoms with van der Waals surface area (Å²) in [5.74, 6) is -0.647. The minimum absolute atomic E-state index is 0.0170. The first-order valence-corrected chi connectivity index (χ1v) is 18.8. The van der Waals surface area contributed by atoms with Gasteiger partial charge in [0, 0.05) is 12.8 Å². The number of benzene rings is 1. The summed E-state index contributed by atoms with van der Waals surface area (Å²) < 4.78 is 55.1. The number of imidazole rings is 1. The Morgan fingerprint density at radius 3 is 2.50 bits per heavy atom. The smallest absolute Gasteiger partial charge is 0.386 e. The molecular formula is C23H26N8O11P2S2. The van der Waals surface area contributed by atoms with E-state index >= 15 is 0 Å². The highest BCUT2D eigenvalue weighted by atomic mass is 32.7. The van der Waals surface area contributed by atoms with Gasteiger partial charge in [-0.3, -0.25) is 42.1 Å². The number of nitrogens with one attached hydrogen (secondary N) is 1. The van der Waals surface area contributed by atoms with E-state index in [-0.39, 0.29) is 40.9 Å². The Labute approximate surface area is 267 Å². The van der Waals surface area contributed by atoms with Gasteiger partial charge in [-0.1, -0.05) is 30.6 Å². The number of hydrogen-bond acceptors (Lipinski definition) is 15. The molecule has 2 aliphatic heterocycles. The van der Waals surface area contributed by atoms with Crippen LogP contribution < -0.4 is 22.6 Å². The van der Waals surface area contributed by atoms with Crippen molar-refractivity contribution in [3.05, 3.63) is 51.6 Å². The van der Waals surface area contributed by atoms with Gasteiger partial charge in [-0.15, -0.1) is 0 Å². The number of fused-ring (bicyclic) bond motifs is 2. The summed E-state index contributed by atoms with van der Waals surface area (Å²) in [6.07, 6.45) is -3.20. The van der Waals surface area contributed by atoms with Crippen molar-refractivity contribution in [2.24, 2.45) is 0 Å². The first-order chi connectivity index (χ1) is 21.7. The second-order valence-corrected chi connectivity index (χ2v) is 16.0. The average Bonchev–Trinajstić information content (AvgIpc) is 3.67. The maximum Gasteiger partial charge on any atom is 0.386 e. The number of ether oxygens (including phenoxy) is 2. The van der Waals surface area contributed by atoms with Crippen molar-refractivity contribution in [2.75, 3.05) is 24.7 Å². The third-order valence-electron chi connectivity index (χ3n) is 7.11. The Bertz CT molecular complexity index is 2050. The van der Waals surface area contributed by atoms with Crippen LogP contribution in [-0.4, -0.2) is 71.3 Å². The number of nitrogens with two attached hydrogens (primary N) is 2. The van der Waals surface area contributed by atoms with Crippen LogP contribution in [-0.2, 0) is 37.0 Å². The molecule has 0 amide bonds. The molecule has 1 aromatic carbocycles. The monoisotopic (exact) mass is 716 g/mol. The van der Waals surface area contributed by atoms with Crippen molar-refractivity contribution < 1.29 is 41.9 Å². The molecule has 0 aliphatic carbocycles. The number of hydrogen-bond donors (Lipinski definition) is 6. The van der Waals surface area contributed by atoms with Gasteiger partial charge in [-0.25, -0.2) is 19.1 Å². The summed E-state index contributed by atoms with van der Waals surface area (Å²) in [6.45, 7) is -9.21. The number of Topliss-reactive ketones (excluding diaryl/α,β-unsaturated/α-hetero) is 1. The van der Waals surface area contributed by atoms with Gasteiger partial charge in [-0.2, -0.15) is 4.98 Å². The summed E-state index contributed by atoms with van der Waals surface area (Å²) in [5, 5.41) is 0.202. The number of carbonyl (C=O) groups excluding carboxylic acids is 1. The minimum atomic E-state index is -4.23. The van der Waals surface area contributed by atoms with E-state index in [0.717, 1.165) is 4.57 Å². The topological polar surface area (TPSA) is 268 Å². The van der Waals surface area contributed by atoms with Crippen LogP contribution in [0.5, 0.6) is 0 Å². The molecule has 3 unspecified atom stereocenters. The third-order valence-corrected chi connectivity index (χ3v) is 9.59. The molecule has 23 heteroatoms. The van der Waals surface area contributed by atoms with Gasteiger partial charge in [0.2, 0.25) is 5.95 Å². The van der Waals surface area contributed by atoms with Crippen LogP contribution in [0.2, 0.25) is 0 Å². The standard InChI is InChI=1S/C23H26N8O11P2S2/c24-13-3-1-2-12-16(13)26-9-31(20(12)34)21-14(32)4-10(40-21)7-39-44(37,46)42-15-5-11(6-38-43(35,36)45)41-22(15)30-8-27-17-18(30)28-23(25)29-19(17)33/h1-3,8-11,15,21-22H,4-7,24H2,(H,37,46)(H2,35,36,45)(H3,25,28,29,33)/t10-,11-,15?,21+,22+,44?/m0/s1. The van der Waals surface area contributed by atoms with E-state index < -0.39 is 74.5 Å². The Morgan fingerprint density at radius 2 is 1.74 bits per heavy atom. The number of H-pyrrole nitrogens is 1. The second-order valence-electron chi connectivity index (χ2n) is 10.3. The van der Waals surface area contributed by atoms with Gasteiger partial charge in [0.25, 0.3) is 11.1 Å². The number of nitrogen functional groups attached to an aromatic ring is 2. The highest BCUT2D eigenvalue weighted by Gasteiger charge is 2.44. The van der Waals surface area contributed by atoms with E-state index in [4.69, 9.17) is 34.5 Å². The second kappa shape index (κ2) is 12.5. The zero-order chi connectivity index (χ0) is 33.0. The molecule has 0 saturated carbocycles. The molecule has 19 nitrogen and oxygen atoms in total. The first kappa shape index (κ1) is 32.8. The minimum Gasteiger partial charge on any atom is -0.397 e. The number of anilines is 2. The van der Waals surface area contributed by atoms with Gasteiger partial charge in [0.05, 0.1) is 42.8 Å². The highest BCUT2D eigenvalue weighted by molar-refractivity contribution is 8.44. The number of aromatic amines is 1. The molecule has 4 aromatic rings. The molecular weight excluding hydrogens is 690 g/mol. The van der Waals surface area contributed by atoms with E-state index in [1.807, 2.05) is 0 Å². The van der Waals surface area contributed by atoms with Crippen LogP contribution in [0.25, 0.3) is 22.1 Å². The number of rotatable bonds is 10. The lowest BCUT2D eigenvalue weighted by atomic mass is 10.2. The van der Waals surface area contributed by atoms with Crippen LogP contribution in [0.1, 0.15) is 25.3 Å². The molecule has 2 fully saturated rings. The molecule has 7 atom stereocenters. The lowest BCUT2D eigenvalue weighted by Crippen LogP contribution is -2.29. The molecule has 2 saturated heterocycles. The van der Waals surface area contributed by atoms with E-state index in [0.29, 0.717) is 5.69 Å². The molecule has 5 heterocycles. The van der Waals surface area contributed by atoms with Crippen molar-refractivity contribution in [2.45, 2.75) is 43.6 Å². The average molecular weight is 717 g/mol. The number of aromatic nitrogens is 6. The van der Waals surface area contributed by atoms with Crippen LogP contribution in [0, 0.1) is 0 Å². The van der Waals surface area contributed by atoms with Gasteiger partial charge < -0.3 is 25.8 Å². The Morgan fingerprint density at radius 1 is 1.02 bits per heavy atom. The van der Waals surface area contributed by atoms with Crippen molar-refractivity contribution in [1.29, 1.82) is 0 Å². The van der Waals surface area contributed by atoms with Crippen LogP contribution in [0.15, 0.2) is 40.4 Å². The van der Waals surface area contributed by atoms with Gasteiger partial charge >= 0.3 is 13.6 Å². The van der Waals surface area contributed by atoms with E-state index in [9.17, 15) is 28.4 Å². The summed E-state index contributed by atoms with van der Waals surface area (Å²) in [6, 6.07) is 4.71. The predicted molar refractivity (Wildman–Crippen MR) is 167 cm³/mol. The normalized spacial score (nSPS) is 26.1. The molecule has 6 rings (SSSR count). The van der Waals surface area contributed by atoms with Crippen LogP contribution in [0.4, 0.5) is 11.6 Å². The molecule has 46 heavy (non-hydrogen) atoms. The van der Waals surface area contributed by atoms with E-state index in [2.05, 4.69) is 44.4 Å². The molecule has 0 bridgehead atoms. The summed E-state index contributed by atoms with van der Waals surface area (Å²) in [5.41, 5.74) is 11.0. The Hall–Kier alpha value is -3.10. The maximum absolute atomic E-state index is 13.4. The Kier molecular flexibility index (Phi) is 8.92. The highest BCUT2D eigenvalue weighted by Crippen LogP contribution is 2.57.